The Hall–Kier alpha value is -3.41. The highest BCUT2D eigenvalue weighted by Gasteiger charge is 2.19. The highest BCUT2D eigenvalue weighted by atomic mass is 16.6. The Kier molecular flexibility index (Phi) is 52.4. The van der Waals surface area contributed by atoms with Gasteiger partial charge in [-0.25, -0.2) is 0 Å². The molecule has 67 heavy (non-hydrogen) atoms. The molecule has 0 unspecified atom stereocenters. The summed E-state index contributed by atoms with van der Waals surface area (Å²) >= 11 is 0. The molecule has 0 amide bonds. The van der Waals surface area contributed by atoms with E-state index in [-0.39, 0.29) is 37.5 Å². The predicted octanol–water partition coefficient (Wildman–Crippen LogP) is 18.8. The molecule has 0 aliphatic rings. The average molecular weight is 933 g/mol. The van der Waals surface area contributed by atoms with Gasteiger partial charge in [0.1, 0.15) is 13.2 Å². The highest BCUT2D eigenvalue weighted by molar-refractivity contribution is 5.71. The zero-order valence-electron chi connectivity index (χ0n) is 43.9. The first-order valence-corrected chi connectivity index (χ1v) is 28.1. The summed E-state index contributed by atoms with van der Waals surface area (Å²) in [6, 6.07) is 0. The van der Waals surface area contributed by atoms with Gasteiger partial charge in [-0.1, -0.05) is 241 Å². The van der Waals surface area contributed by atoms with Crippen molar-refractivity contribution in [2.24, 2.45) is 0 Å². The Balaban J connectivity index is 4.50. The van der Waals surface area contributed by atoms with Gasteiger partial charge in [0, 0.05) is 19.3 Å². The first-order valence-electron chi connectivity index (χ1n) is 28.1. The quantitative estimate of drug-likeness (QED) is 0.0262. The van der Waals surface area contributed by atoms with Crippen LogP contribution < -0.4 is 0 Å². The van der Waals surface area contributed by atoms with Crippen LogP contribution in [0.25, 0.3) is 0 Å². The number of hydrogen-bond donors (Lipinski definition) is 0. The summed E-state index contributed by atoms with van der Waals surface area (Å²) in [5.74, 6) is -0.999. The van der Waals surface area contributed by atoms with Gasteiger partial charge in [0.05, 0.1) is 0 Å². The van der Waals surface area contributed by atoms with Crippen molar-refractivity contribution in [1.29, 1.82) is 0 Å². The summed E-state index contributed by atoms with van der Waals surface area (Å²) < 4.78 is 16.8. The van der Waals surface area contributed by atoms with Gasteiger partial charge < -0.3 is 14.2 Å². The SMILES string of the molecule is CCCCC/C=C\C/C=C\C/C=C\C/C=C\C/C=C\CCC(=O)OC[C@H](COC(=O)CCCCCCCCCCCCCCCCC)OC(=O)CCCCCCC/C=C\C/C=C\CCCCC. The molecule has 0 saturated carbocycles. The lowest BCUT2D eigenvalue weighted by atomic mass is 10.0. The van der Waals surface area contributed by atoms with Crippen LogP contribution in [0.3, 0.4) is 0 Å². The molecule has 384 valence electrons. The summed E-state index contributed by atoms with van der Waals surface area (Å²) in [6.07, 6.45) is 71.5. The van der Waals surface area contributed by atoms with Crippen LogP contribution in [0.4, 0.5) is 0 Å². The first-order chi connectivity index (χ1) is 33.0. The molecule has 0 rings (SSSR count). The maximum Gasteiger partial charge on any atom is 0.306 e. The van der Waals surface area contributed by atoms with E-state index in [1.165, 1.54) is 128 Å². The monoisotopic (exact) mass is 933 g/mol. The molecular weight excluding hydrogens is 829 g/mol. The number of esters is 3. The molecule has 0 fully saturated rings. The van der Waals surface area contributed by atoms with Crippen molar-refractivity contribution in [1.82, 2.24) is 0 Å². The van der Waals surface area contributed by atoms with Gasteiger partial charge in [-0.05, 0) is 89.9 Å². The second-order valence-electron chi connectivity index (χ2n) is 18.5. The molecule has 6 heteroatoms. The lowest BCUT2D eigenvalue weighted by Crippen LogP contribution is -2.30. The van der Waals surface area contributed by atoms with Crippen molar-refractivity contribution >= 4 is 17.9 Å². The third kappa shape index (κ3) is 53.4. The summed E-state index contributed by atoms with van der Waals surface area (Å²) in [7, 11) is 0. The zero-order valence-corrected chi connectivity index (χ0v) is 43.9. The van der Waals surface area contributed by atoms with Crippen molar-refractivity contribution in [3.05, 3.63) is 85.1 Å². The Bertz CT molecular complexity index is 1300. The largest absolute Gasteiger partial charge is 0.462 e. The van der Waals surface area contributed by atoms with E-state index in [4.69, 9.17) is 14.2 Å². The fourth-order valence-electron chi connectivity index (χ4n) is 7.63. The molecule has 0 aromatic rings. The van der Waals surface area contributed by atoms with Crippen LogP contribution in [0.5, 0.6) is 0 Å². The molecule has 0 N–H and O–H groups in total. The molecule has 0 bridgehead atoms. The first kappa shape index (κ1) is 63.6. The number of unbranched alkanes of at least 4 members (excludes halogenated alkanes) is 25. The maximum atomic E-state index is 12.8. The number of ether oxygens (including phenoxy) is 3. The van der Waals surface area contributed by atoms with E-state index in [1.54, 1.807) is 0 Å². The van der Waals surface area contributed by atoms with Crippen LogP contribution in [-0.2, 0) is 28.6 Å². The van der Waals surface area contributed by atoms with E-state index >= 15 is 0 Å². The number of carbonyl (C=O) groups is 3. The van der Waals surface area contributed by atoms with E-state index in [0.717, 1.165) is 89.9 Å². The van der Waals surface area contributed by atoms with Gasteiger partial charge in [-0.2, -0.15) is 0 Å². The van der Waals surface area contributed by atoms with Crippen LogP contribution in [0.15, 0.2) is 85.1 Å². The van der Waals surface area contributed by atoms with E-state index in [2.05, 4.69) is 99.8 Å². The van der Waals surface area contributed by atoms with Crippen LogP contribution in [0, 0.1) is 0 Å². The van der Waals surface area contributed by atoms with Gasteiger partial charge in [-0.3, -0.25) is 14.4 Å². The molecule has 0 heterocycles. The van der Waals surface area contributed by atoms with Crippen LogP contribution in [0.2, 0.25) is 0 Å². The van der Waals surface area contributed by atoms with E-state index in [1.807, 2.05) is 6.08 Å². The molecule has 1 atom stereocenters. The average Bonchev–Trinajstić information content (AvgIpc) is 3.33. The van der Waals surface area contributed by atoms with Gasteiger partial charge in [-0.15, -0.1) is 0 Å². The van der Waals surface area contributed by atoms with Gasteiger partial charge in [0.2, 0.25) is 0 Å². The molecule has 0 saturated heterocycles. The molecule has 0 aromatic heterocycles. The Labute approximate surface area is 414 Å². The van der Waals surface area contributed by atoms with Crippen LogP contribution in [0.1, 0.15) is 265 Å². The normalized spacial score (nSPS) is 12.7. The minimum absolute atomic E-state index is 0.103. The molecule has 0 aliphatic heterocycles. The molecule has 0 aromatic carbocycles. The molecule has 6 nitrogen and oxygen atoms in total. The topological polar surface area (TPSA) is 78.9 Å². The minimum atomic E-state index is -0.813. The number of hydrogen-bond acceptors (Lipinski definition) is 6. The lowest BCUT2D eigenvalue weighted by molar-refractivity contribution is -0.166. The third-order valence-electron chi connectivity index (χ3n) is 11.9. The standard InChI is InChI=1S/C61H104O6/c1-4-7-10-13-16-19-22-25-28-29-30-31-34-36-39-42-45-48-51-54-60(63)66-57-58(67-61(64)55-52-49-46-43-40-37-33-27-24-21-18-15-12-9-6-3)56-65-59(62)53-50-47-44-41-38-35-32-26-23-20-17-14-11-8-5-2/h16,18-19,21,25,27-28,30-31,33,36,39,45,48,58H,4-15,17,20,22-24,26,29,32,34-35,37-38,40-44,46-47,49-57H2,1-3H3/b19-16-,21-18-,28-25-,31-30-,33-27-,39-36-,48-45-/t58-/m0/s1. The molecule has 0 aliphatic carbocycles. The Morgan fingerprint density at radius 3 is 0.955 bits per heavy atom. The van der Waals surface area contributed by atoms with E-state index in [9.17, 15) is 14.4 Å². The van der Waals surface area contributed by atoms with Crippen molar-refractivity contribution in [2.45, 2.75) is 271 Å². The maximum absolute atomic E-state index is 12.8. The predicted molar refractivity (Wildman–Crippen MR) is 288 cm³/mol. The second-order valence-corrected chi connectivity index (χ2v) is 18.5. The van der Waals surface area contributed by atoms with Crippen molar-refractivity contribution in [2.75, 3.05) is 13.2 Å². The number of rotatable bonds is 50. The van der Waals surface area contributed by atoms with Gasteiger partial charge >= 0.3 is 17.9 Å². The highest BCUT2D eigenvalue weighted by Crippen LogP contribution is 2.15. The van der Waals surface area contributed by atoms with Crippen molar-refractivity contribution < 1.29 is 28.6 Å². The Morgan fingerprint density at radius 1 is 0.299 bits per heavy atom. The lowest BCUT2D eigenvalue weighted by Gasteiger charge is -2.18. The minimum Gasteiger partial charge on any atom is -0.462 e. The number of carbonyl (C=O) groups excluding carboxylic acids is 3. The number of allylic oxidation sites excluding steroid dienone is 14. The van der Waals surface area contributed by atoms with Crippen molar-refractivity contribution in [3.63, 3.8) is 0 Å². The van der Waals surface area contributed by atoms with Gasteiger partial charge in [0.15, 0.2) is 6.10 Å². The molecule has 0 radical (unpaired) electrons. The summed E-state index contributed by atoms with van der Waals surface area (Å²) in [4.78, 5) is 38.1. The smallest absolute Gasteiger partial charge is 0.306 e. The van der Waals surface area contributed by atoms with Crippen LogP contribution >= 0.6 is 0 Å². The second kappa shape index (κ2) is 55.2. The van der Waals surface area contributed by atoms with E-state index < -0.39 is 6.10 Å². The fourth-order valence-corrected chi connectivity index (χ4v) is 7.63. The van der Waals surface area contributed by atoms with Crippen LogP contribution in [-0.4, -0.2) is 37.2 Å². The summed E-state index contributed by atoms with van der Waals surface area (Å²) in [5.41, 5.74) is 0. The van der Waals surface area contributed by atoms with E-state index in [0.29, 0.717) is 19.3 Å². The summed E-state index contributed by atoms with van der Waals surface area (Å²) in [5, 5.41) is 0. The van der Waals surface area contributed by atoms with Crippen molar-refractivity contribution in [3.8, 4) is 0 Å². The Morgan fingerprint density at radius 2 is 0.567 bits per heavy atom. The fraction of sp³-hybridized carbons (Fsp3) is 0.721. The third-order valence-corrected chi connectivity index (χ3v) is 11.9. The molecule has 0 spiro atoms. The zero-order chi connectivity index (χ0) is 48.6. The summed E-state index contributed by atoms with van der Waals surface area (Å²) in [6.45, 7) is 6.52. The molecular formula is C61H104O6. The van der Waals surface area contributed by atoms with Gasteiger partial charge in [0.25, 0.3) is 0 Å².